The van der Waals surface area contributed by atoms with Gasteiger partial charge in [-0.1, -0.05) is 24.3 Å². The van der Waals surface area contributed by atoms with Gasteiger partial charge in [-0.3, -0.25) is 9.78 Å². The van der Waals surface area contributed by atoms with Gasteiger partial charge in [0.1, 0.15) is 12.2 Å². The van der Waals surface area contributed by atoms with Gasteiger partial charge in [-0.05, 0) is 24.3 Å². The molecule has 0 aliphatic rings. The maximum Gasteiger partial charge on any atom is 0.336 e. The molecule has 2 aromatic carbocycles. The van der Waals surface area contributed by atoms with Crippen LogP contribution in [0.2, 0.25) is 0 Å². The van der Waals surface area contributed by atoms with Crippen molar-refractivity contribution in [2.45, 2.75) is 13.5 Å². The summed E-state index contributed by atoms with van der Waals surface area (Å²) in [4.78, 5) is 39.7. The molecule has 0 saturated carbocycles. The van der Waals surface area contributed by atoms with Crippen molar-refractivity contribution >= 4 is 45.5 Å². The minimum atomic E-state index is -0.573. The molecular formula is C24H18N2O5. The molecule has 31 heavy (non-hydrogen) atoms. The molecule has 1 N–H and O–H groups in total. The number of amides is 1. The predicted molar refractivity (Wildman–Crippen MR) is 117 cm³/mol. The molecule has 0 atom stereocenters. The monoisotopic (exact) mass is 414 g/mol. The second kappa shape index (κ2) is 8.62. The molecule has 4 aromatic rings. The van der Waals surface area contributed by atoms with Crippen LogP contribution in [-0.2, 0) is 20.9 Å². The van der Waals surface area contributed by atoms with Crippen LogP contribution in [0.1, 0.15) is 18.1 Å². The number of esters is 1. The van der Waals surface area contributed by atoms with Crippen molar-refractivity contribution < 1.29 is 18.7 Å². The molecule has 2 aromatic heterocycles. The fourth-order valence-electron chi connectivity index (χ4n) is 3.25. The van der Waals surface area contributed by atoms with Gasteiger partial charge in [0.15, 0.2) is 0 Å². The number of hydrogen-bond donors (Lipinski definition) is 1. The van der Waals surface area contributed by atoms with Crippen molar-refractivity contribution in [2.24, 2.45) is 0 Å². The number of carbonyl (C=O) groups is 2. The zero-order valence-electron chi connectivity index (χ0n) is 16.6. The third-order valence-electron chi connectivity index (χ3n) is 4.58. The zero-order chi connectivity index (χ0) is 21.8. The van der Waals surface area contributed by atoms with Gasteiger partial charge in [-0.25, -0.2) is 9.59 Å². The molecule has 4 rings (SSSR count). The lowest BCUT2D eigenvalue weighted by Crippen LogP contribution is -2.07. The van der Waals surface area contributed by atoms with E-state index in [1.165, 1.54) is 19.1 Å². The first-order chi connectivity index (χ1) is 15.0. The van der Waals surface area contributed by atoms with Crippen LogP contribution in [0.3, 0.4) is 0 Å². The summed E-state index contributed by atoms with van der Waals surface area (Å²) < 4.78 is 10.5. The van der Waals surface area contributed by atoms with E-state index in [1.54, 1.807) is 30.5 Å². The lowest BCUT2D eigenvalue weighted by atomic mass is 10.1. The maximum absolute atomic E-state index is 12.2. The van der Waals surface area contributed by atoms with E-state index >= 15 is 0 Å². The van der Waals surface area contributed by atoms with Gasteiger partial charge >= 0.3 is 11.6 Å². The third-order valence-corrected chi connectivity index (χ3v) is 4.58. The predicted octanol–water partition coefficient (Wildman–Crippen LogP) is 4.06. The molecule has 0 bridgehead atoms. The largest absolute Gasteiger partial charge is 0.458 e. The Labute approximate surface area is 177 Å². The molecule has 0 radical (unpaired) electrons. The summed E-state index contributed by atoms with van der Waals surface area (Å²) >= 11 is 0. The van der Waals surface area contributed by atoms with Gasteiger partial charge in [0.25, 0.3) is 0 Å². The average Bonchev–Trinajstić information content (AvgIpc) is 2.75. The Morgan fingerprint density at radius 3 is 2.81 bits per heavy atom. The maximum atomic E-state index is 12.2. The molecule has 0 unspecified atom stereocenters. The molecule has 0 fully saturated rings. The van der Waals surface area contributed by atoms with Crippen molar-refractivity contribution in [3.8, 4) is 0 Å². The number of fused-ring (bicyclic) bond motifs is 2. The van der Waals surface area contributed by atoms with Crippen molar-refractivity contribution in [1.29, 1.82) is 0 Å². The number of ether oxygens (including phenoxy) is 1. The van der Waals surface area contributed by atoms with E-state index in [2.05, 4.69) is 10.3 Å². The van der Waals surface area contributed by atoms with Gasteiger partial charge in [0.2, 0.25) is 5.91 Å². The van der Waals surface area contributed by atoms with Crippen molar-refractivity contribution in [3.05, 3.63) is 88.4 Å². The highest BCUT2D eigenvalue weighted by Crippen LogP contribution is 2.22. The summed E-state index contributed by atoms with van der Waals surface area (Å²) in [6.45, 7) is 1.29. The normalized spacial score (nSPS) is 11.1. The third kappa shape index (κ3) is 4.67. The lowest BCUT2D eigenvalue weighted by Gasteiger charge is -2.08. The summed E-state index contributed by atoms with van der Waals surface area (Å²) in [5.41, 5.74) is 2.32. The Kier molecular flexibility index (Phi) is 5.57. The number of nitrogens with zero attached hydrogens (tertiary/aromatic N) is 1. The first-order valence-corrected chi connectivity index (χ1v) is 9.52. The summed E-state index contributed by atoms with van der Waals surface area (Å²) in [7, 11) is 0. The van der Waals surface area contributed by atoms with E-state index < -0.39 is 11.6 Å². The van der Waals surface area contributed by atoms with E-state index in [1.807, 2.05) is 30.3 Å². The first-order valence-electron chi connectivity index (χ1n) is 9.52. The fraction of sp³-hybridized carbons (Fsp3) is 0.0833. The SMILES string of the molecule is CC(=O)Nc1ccc2c(COC(=O)/C=C/c3cccc4cccnc34)cc(=O)oc2c1. The fourth-order valence-corrected chi connectivity index (χ4v) is 3.25. The molecule has 154 valence electrons. The van der Waals surface area contributed by atoms with Gasteiger partial charge in [-0.2, -0.15) is 0 Å². The molecule has 1 amide bonds. The Balaban J connectivity index is 1.52. The zero-order valence-corrected chi connectivity index (χ0v) is 16.6. The van der Waals surface area contributed by atoms with Crippen LogP contribution in [-0.4, -0.2) is 16.9 Å². The number of carbonyl (C=O) groups excluding carboxylic acids is 2. The molecular weight excluding hydrogens is 396 g/mol. The van der Waals surface area contributed by atoms with Crippen molar-refractivity contribution in [3.63, 3.8) is 0 Å². The summed E-state index contributed by atoms with van der Waals surface area (Å²) in [6.07, 6.45) is 4.67. The van der Waals surface area contributed by atoms with Crippen LogP contribution >= 0.6 is 0 Å². The van der Waals surface area contributed by atoms with Crippen LogP contribution in [0, 0.1) is 0 Å². The molecule has 7 heteroatoms. The summed E-state index contributed by atoms with van der Waals surface area (Å²) in [5.74, 6) is -0.788. The second-order valence-electron chi connectivity index (χ2n) is 6.85. The Morgan fingerprint density at radius 2 is 1.97 bits per heavy atom. The van der Waals surface area contributed by atoms with E-state index in [0.717, 1.165) is 16.5 Å². The van der Waals surface area contributed by atoms with Crippen LogP contribution in [0.5, 0.6) is 0 Å². The lowest BCUT2D eigenvalue weighted by molar-refractivity contribution is -0.138. The molecule has 2 heterocycles. The topological polar surface area (TPSA) is 98.5 Å². The van der Waals surface area contributed by atoms with Gasteiger partial charge in [-0.15, -0.1) is 0 Å². The highest BCUT2D eigenvalue weighted by molar-refractivity contribution is 5.94. The van der Waals surface area contributed by atoms with Gasteiger partial charge in [0.05, 0.1) is 5.52 Å². The van der Waals surface area contributed by atoms with Gasteiger partial charge in [0, 0.05) is 58.9 Å². The Morgan fingerprint density at radius 1 is 1.13 bits per heavy atom. The molecule has 0 aliphatic heterocycles. The van der Waals surface area contributed by atoms with Crippen LogP contribution in [0.15, 0.2) is 76.1 Å². The highest BCUT2D eigenvalue weighted by atomic mass is 16.5. The van der Waals surface area contributed by atoms with E-state index in [4.69, 9.17) is 9.15 Å². The Hall–Kier alpha value is -4.26. The number of nitrogens with one attached hydrogen (secondary N) is 1. The number of para-hydroxylation sites is 1. The standard InChI is InChI=1S/C24H18N2O5/c1-15(27)26-19-8-9-20-18(12-23(29)31-21(20)13-19)14-30-22(28)10-7-17-5-2-4-16-6-3-11-25-24(16)17/h2-13H,14H2,1H3,(H,26,27)/b10-7+. The van der Waals surface area contributed by atoms with Crippen molar-refractivity contribution in [1.82, 2.24) is 4.98 Å². The number of benzene rings is 2. The summed E-state index contributed by atoms with van der Waals surface area (Å²) in [5, 5.41) is 4.22. The van der Waals surface area contributed by atoms with Crippen molar-refractivity contribution in [2.75, 3.05) is 5.32 Å². The number of rotatable bonds is 5. The number of hydrogen-bond acceptors (Lipinski definition) is 6. The molecule has 0 spiro atoms. The smallest absolute Gasteiger partial charge is 0.336 e. The number of aromatic nitrogens is 1. The van der Waals surface area contributed by atoms with E-state index in [-0.39, 0.29) is 12.5 Å². The number of anilines is 1. The second-order valence-corrected chi connectivity index (χ2v) is 6.85. The summed E-state index contributed by atoms with van der Waals surface area (Å²) in [6, 6.07) is 15.7. The van der Waals surface area contributed by atoms with Crippen LogP contribution < -0.4 is 10.9 Å². The minimum Gasteiger partial charge on any atom is -0.458 e. The Bertz CT molecular complexity index is 1380. The quantitative estimate of drug-likeness (QED) is 0.300. The average molecular weight is 414 g/mol. The molecule has 0 saturated heterocycles. The van der Waals surface area contributed by atoms with Crippen LogP contribution in [0.4, 0.5) is 5.69 Å². The number of pyridine rings is 1. The first kappa shape index (κ1) is 20.0. The van der Waals surface area contributed by atoms with E-state index in [0.29, 0.717) is 22.2 Å². The van der Waals surface area contributed by atoms with Gasteiger partial charge < -0.3 is 14.5 Å². The highest BCUT2D eigenvalue weighted by Gasteiger charge is 2.09. The minimum absolute atomic E-state index is 0.0987. The van der Waals surface area contributed by atoms with E-state index in [9.17, 15) is 14.4 Å². The molecule has 7 nitrogen and oxygen atoms in total. The molecule has 0 aliphatic carbocycles. The van der Waals surface area contributed by atoms with Crippen LogP contribution in [0.25, 0.3) is 27.9 Å².